The summed E-state index contributed by atoms with van der Waals surface area (Å²) in [6, 6.07) is 0.974. The molecule has 0 saturated carbocycles. The van der Waals surface area contributed by atoms with Crippen LogP contribution in [0.5, 0.6) is 0 Å². The summed E-state index contributed by atoms with van der Waals surface area (Å²) >= 11 is 7.30. The van der Waals surface area contributed by atoms with Crippen LogP contribution in [-0.4, -0.2) is 53.0 Å². The van der Waals surface area contributed by atoms with Gasteiger partial charge in [-0.2, -0.15) is 0 Å². The van der Waals surface area contributed by atoms with Crippen LogP contribution in [0.2, 0.25) is 5.15 Å². The number of hydrogen-bond acceptors (Lipinski definition) is 6. The molecule has 1 aromatic rings. The van der Waals surface area contributed by atoms with Crippen LogP contribution >= 0.6 is 23.4 Å². The first-order valence-electron chi connectivity index (χ1n) is 5.40. The van der Waals surface area contributed by atoms with Crippen LogP contribution in [0.3, 0.4) is 0 Å². The molecule has 0 aliphatic carbocycles. The van der Waals surface area contributed by atoms with Crippen LogP contribution in [-0.2, 0) is 4.79 Å². The lowest BCUT2D eigenvalue weighted by Gasteiger charge is -2.34. The Morgan fingerprint density at radius 1 is 1.67 bits per heavy atom. The van der Waals surface area contributed by atoms with E-state index >= 15 is 0 Å². The number of carboxylic acid groups (broad SMARTS) is 1. The van der Waals surface area contributed by atoms with Gasteiger partial charge in [0.05, 0.1) is 0 Å². The zero-order valence-electron chi connectivity index (χ0n) is 9.76. The standard InChI is InChI=1S/C10H13ClN4O2S/c1-18-10-13-7(11)4-8(14-10)15-3-2-12-5-6(15)9(16)17/h4,6,12H,2-3,5H2,1H3,(H,16,17)/t6-/m1/s1. The topological polar surface area (TPSA) is 78.4 Å². The number of piperazine rings is 1. The highest BCUT2D eigenvalue weighted by molar-refractivity contribution is 7.98. The van der Waals surface area contributed by atoms with Gasteiger partial charge in [-0.1, -0.05) is 23.4 Å². The lowest BCUT2D eigenvalue weighted by Crippen LogP contribution is -2.55. The van der Waals surface area contributed by atoms with Gasteiger partial charge in [-0.15, -0.1) is 0 Å². The van der Waals surface area contributed by atoms with Crippen LogP contribution in [0.25, 0.3) is 0 Å². The molecule has 0 aromatic carbocycles. The molecule has 8 heteroatoms. The Hall–Kier alpha value is -1.05. The number of carbonyl (C=O) groups is 1. The number of aliphatic carboxylic acids is 1. The molecule has 0 amide bonds. The molecule has 98 valence electrons. The molecule has 1 aliphatic heterocycles. The summed E-state index contributed by atoms with van der Waals surface area (Å²) in [7, 11) is 0. The lowest BCUT2D eigenvalue weighted by molar-refractivity contribution is -0.138. The zero-order valence-corrected chi connectivity index (χ0v) is 11.3. The van der Waals surface area contributed by atoms with Crippen molar-refractivity contribution in [1.82, 2.24) is 15.3 Å². The summed E-state index contributed by atoms with van der Waals surface area (Å²) in [6.07, 6.45) is 1.85. The fraction of sp³-hybridized carbons (Fsp3) is 0.500. The van der Waals surface area contributed by atoms with E-state index in [4.69, 9.17) is 11.6 Å². The number of nitrogens with zero attached hydrogens (tertiary/aromatic N) is 3. The summed E-state index contributed by atoms with van der Waals surface area (Å²) in [5.74, 6) is -0.309. The van der Waals surface area contributed by atoms with Gasteiger partial charge in [0.2, 0.25) is 0 Å². The normalized spacial score (nSPS) is 19.9. The summed E-state index contributed by atoms with van der Waals surface area (Å²) in [4.78, 5) is 21.3. The van der Waals surface area contributed by atoms with Crippen molar-refractivity contribution in [2.45, 2.75) is 11.2 Å². The molecule has 2 rings (SSSR count). The molecule has 2 N–H and O–H groups in total. The van der Waals surface area contributed by atoms with Crippen molar-refractivity contribution < 1.29 is 9.90 Å². The summed E-state index contributed by atoms with van der Waals surface area (Å²) in [5.41, 5.74) is 0. The quantitative estimate of drug-likeness (QED) is 0.482. The van der Waals surface area contributed by atoms with E-state index in [0.717, 1.165) is 6.54 Å². The van der Waals surface area contributed by atoms with Crippen molar-refractivity contribution in [3.05, 3.63) is 11.2 Å². The molecule has 0 radical (unpaired) electrons. The molecule has 1 atom stereocenters. The minimum absolute atomic E-state index is 0.326. The molecule has 2 heterocycles. The van der Waals surface area contributed by atoms with Crippen LogP contribution in [0.4, 0.5) is 5.82 Å². The molecule has 0 spiro atoms. The van der Waals surface area contributed by atoms with Crippen molar-refractivity contribution in [3.8, 4) is 0 Å². The average molecular weight is 289 g/mol. The molecule has 1 fully saturated rings. The van der Waals surface area contributed by atoms with Crippen LogP contribution < -0.4 is 10.2 Å². The monoisotopic (exact) mass is 288 g/mol. The Kier molecular flexibility index (Phi) is 4.26. The number of rotatable bonds is 3. The van der Waals surface area contributed by atoms with Crippen molar-refractivity contribution in [1.29, 1.82) is 0 Å². The van der Waals surface area contributed by atoms with Gasteiger partial charge in [-0.25, -0.2) is 14.8 Å². The molecule has 18 heavy (non-hydrogen) atoms. The molecular weight excluding hydrogens is 276 g/mol. The Bertz CT molecular complexity index is 460. The number of anilines is 1. The van der Waals surface area contributed by atoms with Gasteiger partial charge in [0, 0.05) is 25.7 Å². The van der Waals surface area contributed by atoms with Crippen molar-refractivity contribution in [3.63, 3.8) is 0 Å². The first-order valence-corrected chi connectivity index (χ1v) is 7.01. The third-order valence-electron chi connectivity index (χ3n) is 2.67. The van der Waals surface area contributed by atoms with E-state index in [9.17, 15) is 9.90 Å². The summed E-state index contributed by atoms with van der Waals surface area (Å²) < 4.78 is 0. The van der Waals surface area contributed by atoms with E-state index in [1.165, 1.54) is 11.8 Å². The predicted octanol–water partition coefficient (Wildman–Crippen LogP) is 0.715. The van der Waals surface area contributed by atoms with Crippen molar-refractivity contribution in [2.75, 3.05) is 30.8 Å². The number of aromatic nitrogens is 2. The van der Waals surface area contributed by atoms with Gasteiger partial charge in [0.1, 0.15) is 17.0 Å². The highest BCUT2D eigenvalue weighted by Crippen LogP contribution is 2.22. The smallest absolute Gasteiger partial charge is 0.327 e. The highest BCUT2D eigenvalue weighted by Gasteiger charge is 2.29. The Morgan fingerprint density at radius 3 is 3.11 bits per heavy atom. The third kappa shape index (κ3) is 2.85. The number of carboxylic acids is 1. The van der Waals surface area contributed by atoms with E-state index < -0.39 is 12.0 Å². The second-order valence-corrected chi connectivity index (χ2v) is 4.95. The van der Waals surface area contributed by atoms with Gasteiger partial charge in [-0.05, 0) is 6.26 Å². The second kappa shape index (κ2) is 5.73. The van der Waals surface area contributed by atoms with Crippen molar-refractivity contribution >= 4 is 35.1 Å². The Morgan fingerprint density at radius 2 is 2.44 bits per heavy atom. The first-order chi connectivity index (χ1) is 8.61. The van der Waals surface area contributed by atoms with Gasteiger partial charge in [0.15, 0.2) is 5.16 Å². The van der Waals surface area contributed by atoms with Crippen molar-refractivity contribution in [2.24, 2.45) is 0 Å². The maximum absolute atomic E-state index is 11.2. The maximum Gasteiger partial charge on any atom is 0.327 e. The van der Waals surface area contributed by atoms with E-state index in [1.54, 1.807) is 11.0 Å². The molecule has 1 aromatic heterocycles. The fourth-order valence-electron chi connectivity index (χ4n) is 1.82. The minimum atomic E-state index is -0.873. The van der Waals surface area contributed by atoms with Gasteiger partial charge < -0.3 is 15.3 Å². The van der Waals surface area contributed by atoms with Gasteiger partial charge in [0.25, 0.3) is 0 Å². The zero-order chi connectivity index (χ0) is 13.1. The highest BCUT2D eigenvalue weighted by atomic mass is 35.5. The molecule has 6 nitrogen and oxygen atoms in total. The van der Waals surface area contributed by atoms with Crippen LogP contribution in [0, 0.1) is 0 Å². The van der Waals surface area contributed by atoms with Gasteiger partial charge in [-0.3, -0.25) is 0 Å². The first kappa shape index (κ1) is 13.4. The second-order valence-electron chi connectivity index (χ2n) is 3.79. The summed E-state index contributed by atoms with van der Waals surface area (Å²) in [5, 5.41) is 13.1. The molecule has 1 saturated heterocycles. The number of thioether (sulfide) groups is 1. The van der Waals surface area contributed by atoms with E-state index in [0.29, 0.717) is 29.2 Å². The average Bonchev–Trinajstić information content (AvgIpc) is 2.38. The van der Waals surface area contributed by atoms with Crippen LogP contribution in [0.1, 0.15) is 0 Å². The fourth-order valence-corrected chi connectivity index (χ4v) is 2.43. The Balaban J connectivity index is 2.33. The Labute approximate surface area is 114 Å². The number of nitrogens with one attached hydrogen (secondary N) is 1. The molecule has 0 bridgehead atoms. The molecule has 1 aliphatic rings. The van der Waals surface area contributed by atoms with E-state index in [2.05, 4.69) is 15.3 Å². The number of halogens is 1. The minimum Gasteiger partial charge on any atom is -0.480 e. The van der Waals surface area contributed by atoms with Crippen LogP contribution in [0.15, 0.2) is 11.2 Å². The molecular formula is C10H13ClN4O2S. The maximum atomic E-state index is 11.2. The summed E-state index contributed by atoms with van der Waals surface area (Å²) in [6.45, 7) is 1.70. The number of hydrogen-bond donors (Lipinski definition) is 2. The lowest BCUT2D eigenvalue weighted by atomic mass is 10.2. The van der Waals surface area contributed by atoms with E-state index in [1.807, 2.05) is 6.26 Å². The predicted molar refractivity (Wildman–Crippen MR) is 70.5 cm³/mol. The SMILES string of the molecule is CSc1nc(Cl)cc(N2CCNC[C@@H]2C(=O)O)n1. The largest absolute Gasteiger partial charge is 0.480 e. The molecule has 0 unspecified atom stereocenters. The van der Waals surface area contributed by atoms with Gasteiger partial charge >= 0.3 is 5.97 Å². The third-order valence-corrected chi connectivity index (χ3v) is 3.41. The van der Waals surface area contributed by atoms with E-state index in [-0.39, 0.29) is 0 Å².